The first-order valence-corrected chi connectivity index (χ1v) is 9.32. The summed E-state index contributed by atoms with van der Waals surface area (Å²) in [7, 11) is 0. The maximum absolute atomic E-state index is 12.6. The third-order valence-electron chi connectivity index (χ3n) is 4.46. The van der Waals surface area contributed by atoms with Crippen LogP contribution in [0.5, 0.6) is 0 Å². The maximum atomic E-state index is 12.6. The van der Waals surface area contributed by atoms with E-state index >= 15 is 0 Å². The van der Waals surface area contributed by atoms with E-state index in [1.165, 1.54) is 0 Å². The van der Waals surface area contributed by atoms with Gasteiger partial charge in [0.15, 0.2) is 5.69 Å². The van der Waals surface area contributed by atoms with E-state index in [0.717, 1.165) is 0 Å². The Bertz CT molecular complexity index is 1290. The van der Waals surface area contributed by atoms with Crippen molar-refractivity contribution in [3.05, 3.63) is 88.6 Å². The Hall–Kier alpha value is -4.20. The van der Waals surface area contributed by atoms with Crippen molar-refractivity contribution in [2.75, 3.05) is 11.9 Å². The number of H-pyrrole nitrogens is 1. The van der Waals surface area contributed by atoms with E-state index in [0.29, 0.717) is 22.1 Å². The van der Waals surface area contributed by atoms with Crippen LogP contribution in [0.4, 0.5) is 5.69 Å². The second-order valence-electron chi connectivity index (χ2n) is 6.47. The minimum atomic E-state index is -0.482. The summed E-state index contributed by atoms with van der Waals surface area (Å²) in [6.45, 7) is 2.01. The summed E-state index contributed by atoms with van der Waals surface area (Å²) >= 11 is 0. The predicted molar refractivity (Wildman–Crippen MR) is 112 cm³/mol. The van der Waals surface area contributed by atoms with Crippen LogP contribution in [-0.4, -0.2) is 33.2 Å². The van der Waals surface area contributed by atoms with Crippen molar-refractivity contribution >= 4 is 28.3 Å². The van der Waals surface area contributed by atoms with Crippen molar-refractivity contribution in [2.45, 2.75) is 6.92 Å². The van der Waals surface area contributed by atoms with Gasteiger partial charge in [0.05, 0.1) is 12.3 Å². The second kappa shape index (κ2) is 8.04. The minimum Gasteiger partial charge on any atom is -0.461 e. The average molecular weight is 402 g/mol. The number of carbonyl (C=O) groups excluding carboxylic acids is 2. The Morgan fingerprint density at radius 2 is 1.87 bits per heavy atom. The van der Waals surface area contributed by atoms with Gasteiger partial charge in [-0.3, -0.25) is 9.59 Å². The van der Waals surface area contributed by atoms with Crippen LogP contribution >= 0.6 is 0 Å². The van der Waals surface area contributed by atoms with Gasteiger partial charge in [-0.15, -0.1) is 0 Å². The van der Waals surface area contributed by atoms with E-state index in [9.17, 15) is 14.4 Å². The van der Waals surface area contributed by atoms with Gasteiger partial charge in [-0.2, -0.15) is 5.10 Å². The molecule has 0 fully saturated rings. The van der Waals surface area contributed by atoms with Crippen molar-refractivity contribution in [2.24, 2.45) is 0 Å². The molecule has 2 aromatic heterocycles. The molecule has 0 radical (unpaired) electrons. The molecule has 0 aliphatic heterocycles. The van der Waals surface area contributed by atoms with Crippen molar-refractivity contribution in [3.63, 3.8) is 0 Å². The highest BCUT2D eigenvalue weighted by Crippen LogP contribution is 2.15. The molecule has 150 valence electrons. The Balaban J connectivity index is 1.50. The number of aromatic amines is 1. The molecule has 0 saturated carbocycles. The van der Waals surface area contributed by atoms with Crippen LogP contribution in [0, 0.1) is 0 Å². The fourth-order valence-corrected chi connectivity index (χ4v) is 3.01. The predicted octanol–water partition coefficient (Wildman–Crippen LogP) is 3.14. The van der Waals surface area contributed by atoms with Crippen LogP contribution in [0.2, 0.25) is 0 Å². The second-order valence-corrected chi connectivity index (χ2v) is 6.47. The summed E-state index contributed by atoms with van der Waals surface area (Å²) in [5, 5.41) is 8.17. The number of benzene rings is 2. The van der Waals surface area contributed by atoms with Gasteiger partial charge in [-0.1, -0.05) is 18.2 Å². The molecule has 0 unspecified atom stereocenters. The van der Waals surface area contributed by atoms with Crippen molar-refractivity contribution in [1.82, 2.24) is 14.8 Å². The Morgan fingerprint density at radius 1 is 1.10 bits per heavy atom. The zero-order valence-corrected chi connectivity index (χ0v) is 16.1. The summed E-state index contributed by atoms with van der Waals surface area (Å²) in [6.07, 6.45) is 1.65. The Labute approximate surface area is 171 Å². The molecule has 8 heteroatoms. The smallest absolute Gasteiger partial charge is 0.358 e. The zero-order chi connectivity index (χ0) is 21.1. The molecule has 0 spiro atoms. The number of esters is 1. The van der Waals surface area contributed by atoms with Crippen LogP contribution in [0.3, 0.4) is 0 Å². The Kier molecular flexibility index (Phi) is 5.13. The third kappa shape index (κ3) is 3.83. The van der Waals surface area contributed by atoms with Crippen LogP contribution in [0.25, 0.3) is 16.5 Å². The highest BCUT2D eigenvalue weighted by atomic mass is 16.5. The van der Waals surface area contributed by atoms with Crippen LogP contribution in [0.15, 0.2) is 71.7 Å². The summed E-state index contributed by atoms with van der Waals surface area (Å²) in [4.78, 5) is 39.1. The van der Waals surface area contributed by atoms with E-state index in [1.807, 2.05) is 6.07 Å². The molecule has 8 nitrogen and oxygen atoms in total. The summed E-state index contributed by atoms with van der Waals surface area (Å²) in [6, 6.07) is 17.2. The van der Waals surface area contributed by atoms with Crippen molar-refractivity contribution in [3.8, 4) is 5.69 Å². The van der Waals surface area contributed by atoms with E-state index < -0.39 is 11.9 Å². The molecule has 0 atom stereocenters. The molecule has 4 aromatic rings. The lowest BCUT2D eigenvalue weighted by molar-refractivity contribution is 0.0519. The number of pyridine rings is 1. The maximum Gasteiger partial charge on any atom is 0.358 e. The van der Waals surface area contributed by atoms with Crippen LogP contribution in [0.1, 0.15) is 27.9 Å². The van der Waals surface area contributed by atoms with Gasteiger partial charge in [0.2, 0.25) is 0 Å². The molecule has 0 aliphatic rings. The van der Waals surface area contributed by atoms with E-state index in [4.69, 9.17) is 4.74 Å². The first kappa shape index (κ1) is 19.1. The molecule has 2 N–H and O–H groups in total. The number of fused-ring (bicyclic) bond motifs is 1. The molecule has 2 aromatic carbocycles. The lowest BCUT2D eigenvalue weighted by Crippen LogP contribution is -2.18. The van der Waals surface area contributed by atoms with Crippen LogP contribution < -0.4 is 10.9 Å². The lowest BCUT2D eigenvalue weighted by atomic mass is 10.1. The molecular formula is C22H18N4O4. The molecule has 0 aliphatic carbocycles. The Morgan fingerprint density at radius 3 is 2.63 bits per heavy atom. The number of carbonyl (C=O) groups is 2. The minimum absolute atomic E-state index is 0.175. The van der Waals surface area contributed by atoms with Gasteiger partial charge in [0.1, 0.15) is 5.69 Å². The highest BCUT2D eigenvalue weighted by molar-refractivity contribution is 6.04. The van der Waals surface area contributed by atoms with E-state index in [2.05, 4.69) is 15.4 Å². The molecule has 4 rings (SSSR count). The largest absolute Gasteiger partial charge is 0.461 e. The van der Waals surface area contributed by atoms with Gasteiger partial charge < -0.3 is 15.0 Å². The molecule has 0 saturated heterocycles. The van der Waals surface area contributed by atoms with Gasteiger partial charge in [-0.05, 0) is 54.8 Å². The van der Waals surface area contributed by atoms with Crippen molar-refractivity contribution < 1.29 is 14.3 Å². The number of rotatable bonds is 5. The summed E-state index contributed by atoms with van der Waals surface area (Å²) in [5.74, 6) is -0.904. The van der Waals surface area contributed by atoms with Crippen LogP contribution in [-0.2, 0) is 4.74 Å². The topological polar surface area (TPSA) is 106 Å². The summed E-state index contributed by atoms with van der Waals surface area (Å²) in [5.41, 5.74) is 1.34. The lowest BCUT2D eigenvalue weighted by Gasteiger charge is -2.08. The number of anilines is 1. The number of aromatic nitrogens is 3. The highest BCUT2D eigenvalue weighted by Gasteiger charge is 2.12. The standard InChI is InChI=1S/C22H18N4O4/c1-2-30-22(29)18-11-12-26(25-18)16-9-7-15(8-10-16)23-21(28)19-13-14-5-3-4-6-17(14)20(27)24-19/h3-13H,2H2,1H3,(H,23,28)(H,24,27). The molecule has 0 bridgehead atoms. The van der Waals surface area contributed by atoms with Gasteiger partial charge in [-0.25, -0.2) is 9.48 Å². The third-order valence-corrected chi connectivity index (χ3v) is 4.46. The summed E-state index contributed by atoms with van der Waals surface area (Å²) < 4.78 is 6.47. The molecule has 1 amide bonds. The molecular weight excluding hydrogens is 384 g/mol. The number of ether oxygens (including phenoxy) is 1. The first-order valence-electron chi connectivity index (χ1n) is 9.32. The normalized spacial score (nSPS) is 10.7. The zero-order valence-electron chi connectivity index (χ0n) is 16.1. The van der Waals surface area contributed by atoms with Gasteiger partial charge in [0.25, 0.3) is 11.5 Å². The quantitative estimate of drug-likeness (QED) is 0.499. The molecule has 30 heavy (non-hydrogen) atoms. The SMILES string of the molecule is CCOC(=O)c1ccn(-c2ccc(NC(=O)c3cc4ccccc4c(=O)[nH]3)cc2)n1. The van der Waals surface area contributed by atoms with Crippen molar-refractivity contribution in [1.29, 1.82) is 0 Å². The fraction of sp³-hybridized carbons (Fsp3) is 0.0909. The van der Waals surface area contributed by atoms with E-state index in [-0.39, 0.29) is 23.6 Å². The molecule has 2 heterocycles. The number of nitrogens with one attached hydrogen (secondary N) is 2. The van der Waals surface area contributed by atoms with E-state index in [1.54, 1.807) is 72.4 Å². The first-order chi connectivity index (χ1) is 14.5. The number of amides is 1. The number of hydrogen-bond donors (Lipinski definition) is 2. The number of hydrogen-bond acceptors (Lipinski definition) is 5. The fourth-order valence-electron chi connectivity index (χ4n) is 3.01. The number of nitrogens with zero attached hydrogens (tertiary/aromatic N) is 2. The monoisotopic (exact) mass is 402 g/mol. The van der Waals surface area contributed by atoms with Gasteiger partial charge >= 0.3 is 5.97 Å². The van der Waals surface area contributed by atoms with Gasteiger partial charge in [0, 0.05) is 17.3 Å². The average Bonchev–Trinajstić information content (AvgIpc) is 3.25.